The van der Waals surface area contributed by atoms with Crippen LogP contribution in [0.1, 0.15) is 47.3 Å². The maximum Gasteiger partial charge on any atom is 0.315 e. The van der Waals surface area contributed by atoms with Gasteiger partial charge in [-0.3, -0.25) is 0 Å². The minimum absolute atomic E-state index is 0.0379. The molecule has 77 heavy (non-hydrogen) atoms. The number of carbonyl (C=O) groups excluding carboxylic acids is 1. The highest BCUT2D eigenvalue weighted by Crippen LogP contribution is 2.40. The predicted octanol–water partition coefficient (Wildman–Crippen LogP) is 7.35. The quantitative estimate of drug-likeness (QED) is 0.0620. The maximum absolute atomic E-state index is 14.9. The van der Waals surface area contributed by atoms with Crippen molar-refractivity contribution in [3.05, 3.63) is 205 Å². The van der Waals surface area contributed by atoms with Gasteiger partial charge in [0, 0.05) is 11.1 Å². The number of carbonyl (C=O) groups is 1. The Balaban J connectivity index is 0.984. The zero-order valence-corrected chi connectivity index (χ0v) is 42.9. The van der Waals surface area contributed by atoms with Crippen molar-refractivity contribution in [3.8, 4) is 0 Å². The Morgan fingerprint density at radius 3 is 1.45 bits per heavy atom. The summed E-state index contributed by atoms with van der Waals surface area (Å²) in [6.45, 7) is 10.5. The van der Waals surface area contributed by atoms with Gasteiger partial charge >= 0.3 is 6.03 Å². The Morgan fingerprint density at radius 2 is 0.948 bits per heavy atom. The second kappa shape index (κ2) is 26.8. The number of ether oxygens (including phenoxy) is 13. The maximum atomic E-state index is 14.9. The molecule has 5 aromatic carbocycles. The highest BCUT2D eigenvalue weighted by molar-refractivity contribution is 5.75. The number of hydrogen-bond acceptors (Lipinski definition) is 15. The molecule has 5 heterocycles. The fourth-order valence-corrected chi connectivity index (χ4v) is 10.3. The van der Waals surface area contributed by atoms with Crippen LogP contribution in [0.4, 0.5) is 4.79 Å². The lowest BCUT2D eigenvalue weighted by atomic mass is 9.94. The summed E-state index contributed by atoms with van der Waals surface area (Å²) in [7, 11) is 0. The topological polar surface area (TPSA) is 181 Å². The Hall–Kier alpha value is -5.71. The summed E-state index contributed by atoms with van der Waals surface area (Å²) in [6, 6.07) is 45.4. The molecule has 408 valence electrons. The van der Waals surface area contributed by atoms with Gasteiger partial charge in [-0.25, -0.2) is 4.79 Å². The lowest BCUT2D eigenvalue weighted by Crippen LogP contribution is -2.72. The fourth-order valence-electron chi connectivity index (χ4n) is 10.3. The second-order valence-electron chi connectivity index (χ2n) is 19.4. The minimum Gasteiger partial charge on any atom is -0.388 e. The molecule has 17 nitrogen and oxygen atoms in total. The van der Waals surface area contributed by atoms with Crippen LogP contribution in [0.5, 0.6) is 0 Å². The van der Waals surface area contributed by atoms with Crippen LogP contribution in [0.2, 0.25) is 0 Å². The van der Waals surface area contributed by atoms with E-state index in [0.29, 0.717) is 0 Å². The molecule has 0 spiro atoms. The van der Waals surface area contributed by atoms with E-state index in [9.17, 15) is 9.90 Å². The van der Waals surface area contributed by atoms with Crippen LogP contribution < -0.4 is 10.6 Å². The molecular weight excluding hydrogens is 989 g/mol. The van der Waals surface area contributed by atoms with Crippen molar-refractivity contribution >= 4 is 6.03 Å². The number of aliphatic hydroxyl groups excluding tert-OH is 1. The Labute approximate surface area is 449 Å². The molecule has 5 aromatic rings. The number of rotatable bonds is 21. The molecule has 0 bridgehead atoms. The van der Waals surface area contributed by atoms with Gasteiger partial charge in [-0.1, -0.05) is 164 Å². The molecule has 0 aromatic heterocycles. The summed E-state index contributed by atoms with van der Waals surface area (Å²) >= 11 is 0. The van der Waals surface area contributed by atoms with Crippen LogP contribution in [0.15, 0.2) is 177 Å². The number of benzene rings is 5. The first-order chi connectivity index (χ1) is 37.8. The van der Waals surface area contributed by atoms with Gasteiger partial charge in [0.05, 0.1) is 52.4 Å². The molecule has 10 rings (SSSR count). The number of nitrogens with one attached hydrogen (secondary N) is 2. The van der Waals surface area contributed by atoms with Crippen molar-refractivity contribution in [3.63, 3.8) is 0 Å². The molecule has 0 unspecified atom stereocenters. The lowest BCUT2D eigenvalue weighted by molar-refractivity contribution is -0.381. The summed E-state index contributed by atoms with van der Waals surface area (Å²) in [5.41, 5.74) is 4.34. The third kappa shape index (κ3) is 13.6. The van der Waals surface area contributed by atoms with E-state index in [4.69, 9.17) is 61.6 Å². The fraction of sp³-hybridized carbons (Fsp3) is 0.417. The first-order valence-corrected chi connectivity index (χ1v) is 26.3. The van der Waals surface area contributed by atoms with Crippen LogP contribution in [0, 0.1) is 0 Å². The number of hydrogen-bond donors (Lipinski definition) is 3. The van der Waals surface area contributed by atoms with E-state index in [1.165, 1.54) is 0 Å². The first kappa shape index (κ1) is 54.6. The van der Waals surface area contributed by atoms with Crippen LogP contribution in [0.3, 0.4) is 0 Å². The summed E-state index contributed by atoms with van der Waals surface area (Å²) in [4.78, 5) is 14.9. The molecule has 17 heteroatoms. The molecule has 5 saturated heterocycles. The first-order valence-electron chi connectivity index (χ1n) is 26.3. The van der Waals surface area contributed by atoms with E-state index in [1.54, 1.807) is 12.2 Å². The Morgan fingerprint density at radius 1 is 0.519 bits per heavy atom. The number of urea groups is 1. The van der Waals surface area contributed by atoms with Gasteiger partial charge in [0.2, 0.25) is 0 Å². The number of amides is 2. The van der Waals surface area contributed by atoms with Crippen LogP contribution >= 0.6 is 0 Å². The van der Waals surface area contributed by atoms with Gasteiger partial charge in [0.15, 0.2) is 31.5 Å². The molecule has 5 fully saturated rings. The number of aliphatic hydroxyl groups is 1. The monoisotopic (exact) mass is 1060 g/mol. The van der Waals surface area contributed by atoms with Crippen molar-refractivity contribution < 1.29 is 71.5 Å². The minimum atomic E-state index is -1.33. The summed E-state index contributed by atoms with van der Waals surface area (Å²) in [6.07, 6.45) is -10.7. The lowest BCUT2D eigenvalue weighted by Gasteiger charge is -2.52. The largest absolute Gasteiger partial charge is 0.388 e. The van der Waals surface area contributed by atoms with Crippen molar-refractivity contribution in [1.82, 2.24) is 10.6 Å². The molecule has 17 atom stereocenters. The normalized spacial score (nSPS) is 32.9. The predicted molar refractivity (Wildman–Crippen MR) is 279 cm³/mol. The average molecular weight is 1060 g/mol. The van der Waals surface area contributed by atoms with Gasteiger partial charge < -0.3 is 77.3 Å². The van der Waals surface area contributed by atoms with Gasteiger partial charge in [-0.2, -0.15) is 0 Å². The zero-order valence-electron chi connectivity index (χ0n) is 42.9. The van der Waals surface area contributed by atoms with Crippen molar-refractivity contribution in [2.75, 3.05) is 26.4 Å². The van der Waals surface area contributed by atoms with E-state index in [1.807, 2.05) is 159 Å². The van der Waals surface area contributed by atoms with Crippen LogP contribution in [0.25, 0.3) is 0 Å². The number of fused-ring (bicyclic) bond motifs is 2. The van der Waals surface area contributed by atoms with Crippen molar-refractivity contribution in [2.45, 2.75) is 131 Å². The Kier molecular flexibility index (Phi) is 19.0. The third-order valence-electron chi connectivity index (χ3n) is 14.1. The van der Waals surface area contributed by atoms with Crippen LogP contribution in [-0.2, 0) is 81.4 Å². The van der Waals surface area contributed by atoms with Gasteiger partial charge in [-0.05, 0) is 23.6 Å². The summed E-state index contributed by atoms with van der Waals surface area (Å²) < 4.78 is 85.9. The SMILES string of the molecule is C=CCO[C@H]1O[C@@H]2CO[C@@H](c3ccccc3)O[C@H]2[C@H](O)[C@H]1NC(=O)N[C@H]1[C@@H](OCC=C)O[C@@H]2CO[C@@H](c3ccccc3)O[C@H]2[C@@H]1O[C@@H]1O[C@H](C)[C@@H](OCc2ccccc2)[C@@H](OCc2ccccc2)[C@@H]1OCc1ccccc1. The highest BCUT2D eigenvalue weighted by Gasteiger charge is 2.57. The van der Waals surface area contributed by atoms with Crippen LogP contribution in [-0.4, -0.2) is 130 Å². The molecule has 2 amide bonds. The Bertz CT molecular complexity index is 2590. The van der Waals surface area contributed by atoms with E-state index in [-0.39, 0.29) is 46.2 Å². The third-order valence-corrected chi connectivity index (χ3v) is 14.1. The van der Waals surface area contributed by atoms with Gasteiger partial charge in [0.25, 0.3) is 0 Å². The molecule has 0 saturated carbocycles. The molecule has 0 aliphatic carbocycles. The van der Waals surface area contributed by atoms with Gasteiger partial charge in [-0.15, -0.1) is 13.2 Å². The van der Waals surface area contributed by atoms with Crippen molar-refractivity contribution in [1.29, 1.82) is 0 Å². The second-order valence-corrected chi connectivity index (χ2v) is 19.4. The summed E-state index contributed by atoms with van der Waals surface area (Å²) in [5, 5.41) is 18.2. The molecule has 5 aliphatic heterocycles. The van der Waals surface area contributed by atoms with E-state index in [2.05, 4.69) is 23.8 Å². The standard InChI is InChI=1S/C60H68N2O15/c1-4-31-65-57-46(48(63)50-44(73-57)36-70-55(75-50)42-27-17-9-18-28-42)61-60(64)62-47-52(51-45(74-58(47)66-32-5-2)37-71-56(76-51)43-29-19-10-20-30-43)77-59-54(69-35-41-25-15-8-16-26-41)53(68-34-40-23-13-7-14-24-40)49(38(3)72-59)67-33-39-21-11-6-12-22-39/h4-30,38,44-59,63H,1-2,31-37H2,3H3,(H2,61,62,64)/t38-,44-,45-,46-,47-,48-,49-,50-,51-,52-,53-,54+,55-,56-,57+,58+,59+/m1/s1. The van der Waals surface area contributed by atoms with Crippen molar-refractivity contribution in [2.24, 2.45) is 0 Å². The molecule has 0 radical (unpaired) electrons. The van der Waals surface area contributed by atoms with E-state index >= 15 is 0 Å². The zero-order chi connectivity index (χ0) is 52.9. The van der Waals surface area contributed by atoms with E-state index in [0.717, 1.165) is 27.8 Å². The molecule has 5 aliphatic rings. The smallest absolute Gasteiger partial charge is 0.315 e. The average Bonchev–Trinajstić information content (AvgIpc) is 3.48. The summed E-state index contributed by atoms with van der Waals surface area (Å²) in [5.74, 6) is 0. The van der Waals surface area contributed by atoms with E-state index < -0.39 is 111 Å². The highest BCUT2D eigenvalue weighted by atomic mass is 16.8. The molecular formula is C60H68N2O15. The molecule has 3 N–H and O–H groups in total. The van der Waals surface area contributed by atoms with Gasteiger partial charge in [0.1, 0.15) is 67.0 Å².